The number of amides is 2. The predicted molar refractivity (Wildman–Crippen MR) is 157 cm³/mol. The van der Waals surface area contributed by atoms with Gasteiger partial charge in [0.2, 0.25) is 5.91 Å². The van der Waals surface area contributed by atoms with E-state index in [0.29, 0.717) is 30.8 Å². The summed E-state index contributed by atoms with van der Waals surface area (Å²) in [6, 6.07) is 27.8. The molecule has 2 aliphatic rings. The van der Waals surface area contributed by atoms with Gasteiger partial charge in [0, 0.05) is 50.9 Å². The Labute approximate surface area is 237 Å². The van der Waals surface area contributed by atoms with Gasteiger partial charge in [-0.15, -0.1) is 0 Å². The lowest BCUT2D eigenvalue weighted by Gasteiger charge is -2.29. The van der Waals surface area contributed by atoms with E-state index in [1.54, 1.807) is 13.2 Å². The first-order valence-electron chi connectivity index (χ1n) is 14.4. The van der Waals surface area contributed by atoms with Crippen LogP contribution in [0.25, 0.3) is 0 Å². The number of likely N-dealkylation sites (tertiary alicyclic amines) is 1. The molecule has 40 heavy (non-hydrogen) atoms. The molecule has 0 spiro atoms. The molecule has 0 bridgehead atoms. The number of benzene rings is 3. The van der Waals surface area contributed by atoms with E-state index < -0.39 is 6.04 Å². The van der Waals surface area contributed by atoms with Crippen LogP contribution in [0.3, 0.4) is 0 Å². The van der Waals surface area contributed by atoms with Crippen LogP contribution >= 0.6 is 0 Å². The molecule has 2 unspecified atom stereocenters. The summed E-state index contributed by atoms with van der Waals surface area (Å²) in [5.74, 6) is 0.581. The first kappa shape index (κ1) is 27.9. The van der Waals surface area contributed by atoms with E-state index in [-0.39, 0.29) is 17.9 Å². The Morgan fingerprint density at radius 3 is 2.42 bits per heavy atom. The average Bonchev–Trinajstić information content (AvgIpc) is 3.27. The van der Waals surface area contributed by atoms with Gasteiger partial charge in [-0.25, -0.2) is 0 Å². The largest absolute Gasteiger partial charge is 0.497 e. The number of carbonyl (C=O) groups excluding carboxylic acids is 2. The molecule has 7 heteroatoms. The van der Waals surface area contributed by atoms with Crippen molar-refractivity contribution in [3.63, 3.8) is 0 Å². The van der Waals surface area contributed by atoms with Crippen molar-refractivity contribution in [1.82, 2.24) is 20.0 Å². The molecule has 2 heterocycles. The van der Waals surface area contributed by atoms with Crippen molar-refractivity contribution in [2.24, 2.45) is 0 Å². The number of hydrogen-bond donors (Lipinski definition) is 1. The zero-order valence-electron chi connectivity index (χ0n) is 23.4. The van der Waals surface area contributed by atoms with E-state index in [9.17, 15) is 9.59 Å². The highest BCUT2D eigenvalue weighted by Crippen LogP contribution is 2.28. The summed E-state index contributed by atoms with van der Waals surface area (Å²) in [7, 11) is 1.60. The standard InChI is InChI=1S/C33H40N4O3/c1-40-30-15-8-14-28(22-30)32(38)37-25-29(23-31(37)33(39)35-19-9-17-34-18-21-35)36(24-27-12-6-3-7-13-27)20-16-26-10-4-2-5-11-26/h2-8,10-15,22,29,31,34H,9,16-21,23-25H2,1H3. The van der Waals surface area contributed by atoms with E-state index in [4.69, 9.17) is 4.74 Å². The third-order valence-corrected chi connectivity index (χ3v) is 8.07. The third-order valence-electron chi connectivity index (χ3n) is 8.07. The molecule has 5 rings (SSSR count). The molecule has 1 N–H and O–H groups in total. The van der Waals surface area contributed by atoms with Gasteiger partial charge < -0.3 is 19.9 Å². The second kappa shape index (κ2) is 13.6. The van der Waals surface area contributed by atoms with Crippen LogP contribution < -0.4 is 10.1 Å². The fraction of sp³-hybridized carbons (Fsp3) is 0.394. The number of methoxy groups -OCH3 is 1. The van der Waals surface area contributed by atoms with Gasteiger partial charge in [0.25, 0.3) is 5.91 Å². The Balaban J connectivity index is 1.42. The lowest BCUT2D eigenvalue weighted by Crippen LogP contribution is -2.48. The minimum absolute atomic E-state index is 0.0603. The zero-order chi connectivity index (χ0) is 27.7. The quantitative estimate of drug-likeness (QED) is 0.447. The number of ether oxygens (including phenoxy) is 1. The molecule has 0 radical (unpaired) electrons. The van der Waals surface area contributed by atoms with Gasteiger partial charge in [0.05, 0.1) is 7.11 Å². The molecular formula is C33H40N4O3. The van der Waals surface area contributed by atoms with Crippen LogP contribution in [-0.4, -0.2) is 85.0 Å². The van der Waals surface area contributed by atoms with Gasteiger partial charge in [0.1, 0.15) is 11.8 Å². The van der Waals surface area contributed by atoms with Gasteiger partial charge in [-0.3, -0.25) is 14.5 Å². The number of nitrogens with one attached hydrogen (secondary N) is 1. The summed E-state index contributed by atoms with van der Waals surface area (Å²) in [4.78, 5) is 34.2. The van der Waals surface area contributed by atoms with Gasteiger partial charge in [0.15, 0.2) is 0 Å². The summed E-state index contributed by atoms with van der Waals surface area (Å²) in [5.41, 5.74) is 3.07. The van der Waals surface area contributed by atoms with E-state index in [1.165, 1.54) is 11.1 Å². The second-order valence-electron chi connectivity index (χ2n) is 10.7. The molecule has 0 aliphatic carbocycles. The number of nitrogens with zero attached hydrogens (tertiary/aromatic N) is 3. The normalized spacial score (nSPS) is 19.4. The number of hydrogen-bond acceptors (Lipinski definition) is 5. The molecular weight excluding hydrogens is 500 g/mol. The molecule has 0 saturated carbocycles. The van der Waals surface area contributed by atoms with Crippen LogP contribution in [0.5, 0.6) is 5.75 Å². The number of carbonyl (C=O) groups is 2. The van der Waals surface area contributed by atoms with Gasteiger partial charge in [-0.2, -0.15) is 0 Å². The Kier molecular flexibility index (Phi) is 9.47. The highest BCUT2D eigenvalue weighted by atomic mass is 16.5. The lowest BCUT2D eigenvalue weighted by atomic mass is 10.1. The Bertz CT molecular complexity index is 1240. The van der Waals surface area contributed by atoms with Crippen LogP contribution in [0.1, 0.15) is 34.3 Å². The average molecular weight is 541 g/mol. The minimum atomic E-state index is -0.489. The van der Waals surface area contributed by atoms with Crippen molar-refractivity contribution >= 4 is 11.8 Å². The monoisotopic (exact) mass is 540 g/mol. The first-order chi connectivity index (χ1) is 19.6. The van der Waals surface area contributed by atoms with Gasteiger partial charge in [-0.1, -0.05) is 66.7 Å². The fourth-order valence-electron chi connectivity index (χ4n) is 5.86. The SMILES string of the molecule is COc1cccc(C(=O)N2CC(N(CCc3ccccc3)Cc3ccccc3)CC2C(=O)N2CCCNCC2)c1. The number of rotatable bonds is 9. The summed E-state index contributed by atoms with van der Waals surface area (Å²) >= 11 is 0. The Morgan fingerprint density at radius 2 is 1.68 bits per heavy atom. The van der Waals surface area contributed by atoms with Crippen molar-refractivity contribution < 1.29 is 14.3 Å². The maximum atomic E-state index is 14.0. The summed E-state index contributed by atoms with van der Waals surface area (Å²) in [6.45, 7) is 5.21. The molecule has 2 aliphatic heterocycles. The highest BCUT2D eigenvalue weighted by Gasteiger charge is 2.43. The van der Waals surface area contributed by atoms with Crippen molar-refractivity contribution in [3.8, 4) is 5.75 Å². The topological polar surface area (TPSA) is 65.1 Å². The van der Waals surface area contributed by atoms with Gasteiger partial charge >= 0.3 is 0 Å². The molecule has 210 valence electrons. The molecule has 7 nitrogen and oxygen atoms in total. The molecule has 3 aromatic rings. The van der Waals surface area contributed by atoms with Crippen LogP contribution in [0.2, 0.25) is 0 Å². The minimum Gasteiger partial charge on any atom is -0.497 e. The molecule has 2 fully saturated rings. The predicted octanol–water partition coefficient (Wildman–Crippen LogP) is 3.85. The molecule has 2 amide bonds. The van der Waals surface area contributed by atoms with Crippen LogP contribution in [-0.2, 0) is 17.8 Å². The summed E-state index contributed by atoms with van der Waals surface area (Å²) < 4.78 is 5.39. The molecule has 0 aromatic heterocycles. The Morgan fingerprint density at radius 1 is 0.925 bits per heavy atom. The Hall–Kier alpha value is -3.68. The summed E-state index contributed by atoms with van der Waals surface area (Å²) in [5, 5.41) is 3.39. The van der Waals surface area contributed by atoms with Crippen molar-refractivity contribution in [3.05, 3.63) is 102 Å². The highest BCUT2D eigenvalue weighted by molar-refractivity contribution is 5.98. The van der Waals surface area contributed by atoms with E-state index in [0.717, 1.165) is 45.6 Å². The van der Waals surface area contributed by atoms with Crippen molar-refractivity contribution in [2.45, 2.75) is 37.9 Å². The van der Waals surface area contributed by atoms with Crippen LogP contribution in [0.15, 0.2) is 84.9 Å². The van der Waals surface area contributed by atoms with E-state index in [1.807, 2.05) is 40.1 Å². The maximum absolute atomic E-state index is 14.0. The first-order valence-corrected chi connectivity index (χ1v) is 14.4. The zero-order valence-corrected chi connectivity index (χ0v) is 23.4. The molecule has 3 aromatic carbocycles. The maximum Gasteiger partial charge on any atom is 0.254 e. The third kappa shape index (κ3) is 6.90. The second-order valence-corrected chi connectivity index (χ2v) is 10.7. The van der Waals surface area contributed by atoms with Crippen LogP contribution in [0, 0.1) is 0 Å². The summed E-state index contributed by atoms with van der Waals surface area (Å²) in [6.07, 6.45) is 2.45. The van der Waals surface area contributed by atoms with E-state index >= 15 is 0 Å². The fourth-order valence-corrected chi connectivity index (χ4v) is 5.86. The van der Waals surface area contributed by atoms with Crippen molar-refractivity contribution in [2.75, 3.05) is 46.4 Å². The van der Waals surface area contributed by atoms with E-state index in [2.05, 4.69) is 58.7 Å². The van der Waals surface area contributed by atoms with Gasteiger partial charge in [-0.05, 0) is 55.1 Å². The smallest absolute Gasteiger partial charge is 0.254 e. The van der Waals surface area contributed by atoms with Crippen LogP contribution in [0.4, 0.5) is 0 Å². The lowest BCUT2D eigenvalue weighted by molar-refractivity contribution is -0.135. The molecule has 2 saturated heterocycles. The van der Waals surface area contributed by atoms with Crippen molar-refractivity contribution in [1.29, 1.82) is 0 Å². The molecule has 2 atom stereocenters.